The number of imidazole rings is 2. The van der Waals surface area contributed by atoms with E-state index in [1.165, 1.54) is 6.42 Å². The standard InChI is InChI=1S/C27H27ClN8O/c28-27-33-25(35-13-7-2-8-14-35)23-26(34-27)36(17-29-23)16-22(37)30-21(15-18-9-3-1-4-10-18)24-31-19-11-5-6-12-20(19)32-24/h1,3-6,9-12,17,21H,2,7-8,13-16H2,(H,30,37)(H,31,32)/t21-/m1/s1. The summed E-state index contributed by atoms with van der Waals surface area (Å²) in [6, 6.07) is 17.6. The van der Waals surface area contributed by atoms with Crippen LogP contribution < -0.4 is 10.2 Å². The normalized spacial score (nSPS) is 14.8. The molecule has 37 heavy (non-hydrogen) atoms. The number of fused-ring (bicyclic) bond motifs is 2. The van der Waals surface area contributed by atoms with Crippen LogP contribution in [0.3, 0.4) is 0 Å². The number of carbonyl (C=O) groups excluding carboxylic acids is 1. The van der Waals surface area contributed by atoms with Gasteiger partial charge in [0.2, 0.25) is 11.2 Å². The maximum atomic E-state index is 13.3. The zero-order valence-corrected chi connectivity index (χ0v) is 21.0. The predicted octanol–water partition coefficient (Wildman–Crippen LogP) is 4.45. The van der Waals surface area contributed by atoms with Gasteiger partial charge in [-0.1, -0.05) is 42.5 Å². The smallest absolute Gasteiger partial charge is 0.240 e. The first kappa shape index (κ1) is 23.4. The molecule has 1 amide bonds. The monoisotopic (exact) mass is 514 g/mol. The van der Waals surface area contributed by atoms with E-state index in [9.17, 15) is 4.79 Å². The van der Waals surface area contributed by atoms with Crippen molar-refractivity contribution in [3.8, 4) is 0 Å². The molecule has 3 aromatic heterocycles. The van der Waals surface area contributed by atoms with Gasteiger partial charge in [0.25, 0.3) is 0 Å². The minimum Gasteiger partial charge on any atom is -0.355 e. The molecule has 1 saturated heterocycles. The van der Waals surface area contributed by atoms with Gasteiger partial charge in [-0.25, -0.2) is 9.97 Å². The largest absolute Gasteiger partial charge is 0.355 e. The van der Waals surface area contributed by atoms with Crippen molar-refractivity contribution in [1.82, 2.24) is 34.8 Å². The summed E-state index contributed by atoms with van der Waals surface area (Å²) in [7, 11) is 0. The van der Waals surface area contributed by atoms with E-state index in [2.05, 4.69) is 30.2 Å². The van der Waals surface area contributed by atoms with Crippen LogP contribution in [0.1, 0.15) is 36.7 Å². The number of H-pyrrole nitrogens is 1. The van der Waals surface area contributed by atoms with Crippen molar-refractivity contribution in [2.75, 3.05) is 18.0 Å². The lowest BCUT2D eigenvalue weighted by molar-refractivity contribution is -0.122. The Balaban J connectivity index is 1.26. The summed E-state index contributed by atoms with van der Waals surface area (Å²) in [6.45, 7) is 1.87. The molecule has 10 heteroatoms. The lowest BCUT2D eigenvalue weighted by Crippen LogP contribution is -2.33. The third kappa shape index (κ3) is 4.99. The molecular weight excluding hydrogens is 488 g/mol. The van der Waals surface area contributed by atoms with Crippen molar-refractivity contribution < 1.29 is 4.79 Å². The topological polar surface area (TPSA) is 105 Å². The number of hydrogen-bond acceptors (Lipinski definition) is 6. The molecule has 2 N–H and O–H groups in total. The van der Waals surface area contributed by atoms with E-state index in [0.29, 0.717) is 23.4 Å². The lowest BCUT2D eigenvalue weighted by Gasteiger charge is -2.27. The zero-order valence-electron chi connectivity index (χ0n) is 20.3. The first-order valence-electron chi connectivity index (χ1n) is 12.6. The van der Waals surface area contributed by atoms with Gasteiger partial charge < -0.3 is 19.8 Å². The number of amides is 1. The Morgan fingerprint density at radius 3 is 2.59 bits per heavy atom. The maximum absolute atomic E-state index is 13.3. The molecule has 6 rings (SSSR count). The molecule has 1 aliphatic heterocycles. The molecule has 1 fully saturated rings. The molecule has 0 unspecified atom stereocenters. The Morgan fingerprint density at radius 1 is 1.00 bits per heavy atom. The Hall–Kier alpha value is -3.98. The number of piperidine rings is 1. The molecule has 1 aliphatic rings. The van der Waals surface area contributed by atoms with Crippen molar-refractivity contribution in [3.63, 3.8) is 0 Å². The first-order chi connectivity index (χ1) is 18.1. The van der Waals surface area contributed by atoms with E-state index in [-0.39, 0.29) is 23.8 Å². The second kappa shape index (κ2) is 10.2. The van der Waals surface area contributed by atoms with Gasteiger partial charge in [0.1, 0.15) is 12.4 Å². The van der Waals surface area contributed by atoms with Crippen molar-refractivity contribution in [2.45, 2.75) is 38.3 Å². The number of para-hydroxylation sites is 2. The summed E-state index contributed by atoms with van der Waals surface area (Å²) >= 11 is 6.30. The van der Waals surface area contributed by atoms with E-state index in [0.717, 1.165) is 48.3 Å². The lowest BCUT2D eigenvalue weighted by atomic mass is 10.1. The number of halogens is 1. The number of nitrogens with zero attached hydrogens (tertiary/aromatic N) is 6. The van der Waals surface area contributed by atoms with Gasteiger partial charge in [0.15, 0.2) is 17.0 Å². The Morgan fingerprint density at radius 2 is 1.78 bits per heavy atom. The molecular formula is C27H27ClN8O. The number of aromatic amines is 1. The number of carbonyl (C=O) groups is 1. The van der Waals surface area contributed by atoms with E-state index in [1.807, 2.05) is 54.6 Å². The average molecular weight is 515 g/mol. The number of hydrogen-bond donors (Lipinski definition) is 2. The molecule has 0 spiro atoms. The SMILES string of the molecule is O=C(Cn1cnc2c(N3CCCCC3)nc(Cl)nc21)N[C@H](Cc1ccccc1)c1nc2ccccc2[nH]1. The van der Waals surface area contributed by atoms with Crippen LogP contribution in [-0.4, -0.2) is 48.5 Å². The van der Waals surface area contributed by atoms with Crippen LogP contribution in [-0.2, 0) is 17.8 Å². The number of rotatable bonds is 7. The number of anilines is 1. The molecule has 0 saturated carbocycles. The summed E-state index contributed by atoms with van der Waals surface area (Å²) < 4.78 is 1.73. The van der Waals surface area contributed by atoms with Gasteiger partial charge in [0, 0.05) is 13.1 Å². The van der Waals surface area contributed by atoms with Gasteiger partial charge in [0.05, 0.1) is 23.4 Å². The van der Waals surface area contributed by atoms with Crippen LogP contribution in [0.5, 0.6) is 0 Å². The van der Waals surface area contributed by atoms with Crippen LogP contribution in [0, 0.1) is 0 Å². The molecule has 2 aromatic carbocycles. The van der Waals surface area contributed by atoms with Crippen molar-refractivity contribution >= 4 is 45.5 Å². The van der Waals surface area contributed by atoms with E-state index in [4.69, 9.17) is 16.6 Å². The highest BCUT2D eigenvalue weighted by atomic mass is 35.5. The summed E-state index contributed by atoms with van der Waals surface area (Å²) in [5.41, 5.74) is 4.12. The second-order valence-electron chi connectivity index (χ2n) is 9.36. The van der Waals surface area contributed by atoms with Crippen LogP contribution in [0.25, 0.3) is 22.2 Å². The minimum absolute atomic E-state index is 0.0504. The minimum atomic E-state index is -0.334. The molecule has 4 heterocycles. The summed E-state index contributed by atoms with van der Waals surface area (Å²) in [5, 5.41) is 3.32. The first-order valence-corrected chi connectivity index (χ1v) is 12.9. The summed E-state index contributed by atoms with van der Waals surface area (Å²) in [6.07, 6.45) is 5.66. The fourth-order valence-corrected chi connectivity index (χ4v) is 5.10. The molecule has 5 aromatic rings. The van der Waals surface area contributed by atoms with Crippen LogP contribution >= 0.6 is 11.6 Å². The second-order valence-corrected chi connectivity index (χ2v) is 9.70. The van der Waals surface area contributed by atoms with Crippen molar-refractivity contribution in [2.24, 2.45) is 0 Å². The van der Waals surface area contributed by atoms with Gasteiger partial charge in [-0.05, 0) is 55.0 Å². The van der Waals surface area contributed by atoms with E-state index >= 15 is 0 Å². The number of benzene rings is 2. The molecule has 0 bridgehead atoms. The summed E-state index contributed by atoms with van der Waals surface area (Å²) in [5.74, 6) is 1.28. The van der Waals surface area contributed by atoms with Crippen LogP contribution in [0.15, 0.2) is 60.9 Å². The Kier molecular flexibility index (Phi) is 6.44. The van der Waals surface area contributed by atoms with Crippen molar-refractivity contribution in [3.05, 3.63) is 77.6 Å². The van der Waals surface area contributed by atoms with Crippen LogP contribution in [0.4, 0.5) is 5.82 Å². The molecule has 188 valence electrons. The van der Waals surface area contributed by atoms with Gasteiger partial charge in [-0.15, -0.1) is 0 Å². The average Bonchev–Trinajstić information content (AvgIpc) is 3.53. The summed E-state index contributed by atoms with van der Waals surface area (Å²) in [4.78, 5) is 37.1. The fourth-order valence-electron chi connectivity index (χ4n) is 4.94. The zero-order chi connectivity index (χ0) is 25.2. The number of aromatic nitrogens is 6. The molecule has 0 aliphatic carbocycles. The highest BCUT2D eigenvalue weighted by Crippen LogP contribution is 2.27. The highest BCUT2D eigenvalue weighted by molar-refractivity contribution is 6.28. The maximum Gasteiger partial charge on any atom is 0.240 e. The Labute approximate surface area is 218 Å². The Bertz CT molecular complexity index is 1510. The molecule has 1 atom stereocenters. The van der Waals surface area contributed by atoms with Crippen LogP contribution in [0.2, 0.25) is 5.28 Å². The molecule has 9 nitrogen and oxygen atoms in total. The van der Waals surface area contributed by atoms with Gasteiger partial charge in [-0.3, -0.25) is 4.79 Å². The third-order valence-corrected chi connectivity index (χ3v) is 6.91. The third-order valence-electron chi connectivity index (χ3n) is 6.74. The fraction of sp³-hybridized carbons (Fsp3) is 0.296. The quantitative estimate of drug-likeness (QED) is 0.311. The predicted molar refractivity (Wildman–Crippen MR) is 144 cm³/mol. The van der Waals surface area contributed by atoms with Crippen molar-refractivity contribution in [1.29, 1.82) is 0 Å². The van der Waals surface area contributed by atoms with E-state index < -0.39 is 0 Å². The van der Waals surface area contributed by atoms with Gasteiger partial charge >= 0.3 is 0 Å². The van der Waals surface area contributed by atoms with Gasteiger partial charge in [-0.2, -0.15) is 9.97 Å². The van der Waals surface area contributed by atoms with E-state index in [1.54, 1.807) is 10.9 Å². The molecule has 0 radical (unpaired) electrons. The highest BCUT2D eigenvalue weighted by Gasteiger charge is 2.23. The number of nitrogens with one attached hydrogen (secondary N) is 2.